The van der Waals surface area contributed by atoms with Crippen molar-refractivity contribution in [2.75, 3.05) is 5.32 Å². The van der Waals surface area contributed by atoms with Gasteiger partial charge in [0.1, 0.15) is 0 Å². The highest BCUT2D eigenvalue weighted by Crippen LogP contribution is 2.30. The lowest BCUT2D eigenvalue weighted by Crippen LogP contribution is -2.01. The van der Waals surface area contributed by atoms with Gasteiger partial charge in [0.2, 0.25) is 0 Å². The van der Waals surface area contributed by atoms with Gasteiger partial charge in [0.05, 0.1) is 5.69 Å². The fourth-order valence-corrected chi connectivity index (χ4v) is 4.27. The predicted octanol–water partition coefficient (Wildman–Crippen LogP) is 5.89. The molecule has 102 valence electrons. The fraction of sp³-hybridized carbons (Fsp3) is 0.176. The van der Waals surface area contributed by atoms with Gasteiger partial charge in [-0.1, -0.05) is 24.3 Å². The van der Waals surface area contributed by atoms with Crippen molar-refractivity contribution < 1.29 is 0 Å². The second kappa shape index (κ2) is 5.58. The average Bonchev–Trinajstić information content (AvgIpc) is 2.81. The van der Waals surface area contributed by atoms with Crippen LogP contribution in [0.3, 0.4) is 0 Å². The molecule has 20 heavy (non-hydrogen) atoms. The van der Waals surface area contributed by atoms with Crippen molar-refractivity contribution in [1.82, 2.24) is 0 Å². The maximum Gasteiger partial charge on any atom is 0.0517 e. The van der Waals surface area contributed by atoms with Crippen molar-refractivity contribution in [1.29, 1.82) is 0 Å². The summed E-state index contributed by atoms with van der Waals surface area (Å²) in [6.45, 7) is 5.12. The van der Waals surface area contributed by atoms with Crippen molar-refractivity contribution >= 4 is 43.0 Å². The molecule has 1 nitrogen and oxygen atoms in total. The quantitative estimate of drug-likeness (QED) is 0.623. The lowest BCUT2D eigenvalue weighted by Gasteiger charge is -2.12. The molecule has 0 unspecified atom stereocenters. The lowest BCUT2D eigenvalue weighted by atomic mass is 10.1. The first-order valence-electron chi connectivity index (χ1n) is 6.61. The highest BCUT2D eigenvalue weighted by molar-refractivity contribution is 9.10. The molecule has 1 heterocycles. The summed E-state index contributed by atoms with van der Waals surface area (Å²) in [5, 5.41) is 7.16. The van der Waals surface area contributed by atoms with Crippen LogP contribution in [0.25, 0.3) is 10.1 Å². The Bertz CT molecular complexity index is 738. The van der Waals surface area contributed by atoms with E-state index in [1.165, 1.54) is 32.5 Å². The van der Waals surface area contributed by atoms with Crippen LogP contribution in [0, 0.1) is 13.8 Å². The van der Waals surface area contributed by atoms with Gasteiger partial charge in [0.15, 0.2) is 0 Å². The van der Waals surface area contributed by atoms with Crippen molar-refractivity contribution in [3.05, 3.63) is 62.9 Å². The zero-order chi connectivity index (χ0) is 14.1. The highest BCUT2D eigenvalue weighted by atomic mass is 79.9. The molecule has 0 fully saturated rings. The summed E-state index contributed by atoms with van der Waals surface area (Å²) in [4.78, 5) is 0. The van der Waals surface area contributed by atoms with E-state index in [2.05, 4.69) is 76.9 Å². The van der Waals surface area contributed by atoms with E-state index in [0.717, 1.165) is 11.0 Å². The molecule has 1 N–H and O–H groups in total. The third-order valence-electron chi connectivity index (χ3n) is 3.45. The number of anilines is 1. The Morgan fingerprint density at radius 3 is 2.75 bits per heavy atom. The fourth-order valence-electron chi connectivity index (χ4n) is 2.49. The Kier molecular flexibility index (Phi) is 3.81. The van der Waals surface area contributed by atoms with Crippen LogP contribution in [0.2, 0.25) is 0 Å². The molecule has 1 aromatic heterocycles. The predicted molar refractivity (Wildman–Crippen MR) is 92.8 cm³/mol. The number of hydrogen-bond donors (Lipinski definition) is 1. The van der Waals surface area contributed by atoms with Gasteiger partial charge in [0.25, 0.3) is 0 Å². The average molecular weight is 346 g/mol. The van der Waals surface area contributed by atoms with Crippen molar-refractivity contribution in [2.24, 2.45) is 0 Å². The van der Waals surface area contributed by atoms with Crippen LogP contribution in [-0.4, -0.2) is 0 Å². The standard InChI is InChI=1S/C17H16BrNS/c1-11-7-12(2)17(15(18)8-11)19-9-13-10-20-16-6-4-3-5-14(13)16/h3-8,10,19H,9H2,1-2H3. The summed E-state index contributed by atoms with van der Waals surface area (Å²) >= 11 is 5.46. The van der Waals surface area contributed by atoms with E-state index in [9.17, 15) is 0 Å². The molecule has 0 spiro atoms. The number of rotatable bonds is 3. The highest BCUT2D eigenvalue weighted by Gasteiger charge is 2.07. The van der Waals surface area contributed by atoms with E-state index in [1.54, 1.807) is 0 Å². The van der Waals surface area contributed by atoms with Crippen molar-refractivity contribution in [2.45, 2.75) is 20.4 Å². The molecule has 0 radical (unpaired) electrons. The summed E-state index contributed by atoms with van der Waals surface area (Å²) in [6.07, 6.45) is 0. The lowest BCUT2D eigenvalue weighted by molar-refractivity contribution is 1.16. The smallest absolute Gasteiger partial charge is 0.0517 e. The van der Waals surface area contributed by atoms with E-state index in [-0.39, 0.29) is 0 Å². The van der Waals surface area contributed by atoms with Crippen LogP contribution in [0.4, 0.5) is 5.69 Å². The van der Waals surface area contributed by atoms with Crippen LogP contribution in [0.5, 0.6) is 0 Å². The molecule has 0 aliphatic heterocycles. The van der Waals surface area contributed by atoms with Gasteiger partial charge in [-0.15, -0.1) is 11.3 Å². The van der Waals surface area contributed by atoms with Crippen LogP contribution >= 0.6 is 27.3 Å². The molecule has 0 amide bonds. The molecular formula is C17H16BrNS. The third kappa shape index (κ3) is 2.60. The van der Waals surface area contributed by atoms with Gasteiger partial charge in [-0.25, -0.2) is 0 Å². The molecule has 0 atom stereocenters. The number of benzene rings is 2. The summed E-state index contributed by atoms with van der Waals surface area (Å²) < 4.78 is 2.48. The molecule has 0 bridgehead atoms. The second-order valence-corrected chi connectivity index (χ2v) is 6.81. The number of thiophene rings is 1. The van der Waals surface area contributed by atoms with E-state index >= 15 is 0 Å². The van der Waals surface area contributed by atoms with Gasteiger partial charge in [0, 0.05) is 15.7 Å². The maximum absolute atomic E-state index is 3.65. The number of hydrogen-bond acceptors (Lipinski definition) is 2. The maximum atomic E-state index is 3.65. The third-order valence-corrected chi connectivity index (χ3v) is 5.09. The first-order valence-corrected chi connectivity index (χ1v) is 8.28. The molecule has 3 aromatic rings. The minimum Gasteiger partial charge on any atom is -0.380 e. The monoisotopic (exact) mass is 345 g/mol. The number of fused-ring (bicyclic) bond motifs is 1. The summed E-state index contributed by atoms with van der Waals surface area (Å²) in [7, 11) is 0. The Balaban J connectivity index is 1.87. The largest absolute Gasteiger partial charge is 0.380 e. The molecule has 3 rings (SSSR count). The molecular weight excluding hydrogens is 330 g/mol. The van der Waals surface area contributed by atoms with Crippen LogP contribution in [0.1, 0.15) is 16.7 Å². The van der Waals surface area contributed by atoms with Gasteiger partial charge in [-0.3, -0.25) is 0 Å². The summed E-state index contributed by atoms with van der Waals surface area (Å²) in [5.41, 5.74) is 5.10. The first kappa shape index (κ1) is 13.7. The van der Waals surface area contributed by atoms with Crippen LogP contribution in [-0.2, 0) is 6.54 Å². The Labute approximate surface area is 131 Å². The van der Waals surface area contributed by atoms with Crippen molar-refractivity contribution in [3.8, 4) is 0 Å². The second-order valence-electron chi connectivity index (χ2n) is 5.05. The van der Waals surface area contributed by atoms with Crippen molar-refractivity contribution in [3.63, 3.8) is 0 Å². The van der Waals surface area contributed by atoms with Crippen LogP contribution in [0.15, 0.2) is 46.3 Å². The van der Waals surface area contributed by atoms with E-state index in [1.807, 2.05) is 11.3 Å². The Hall–Kier alpha value is -1.32. The molecule has 0 saturated heterocycles. The SMILES string of the molecule is Cc1cc(C)c(NCc2csc3ccccc23)c(Br)c1. The van der Waals surface area contributed by atoms with Crippen LogP contribution < -0.4 is 5.32 Å². The van der Waals surface area contributed by atoms with Gasteiger partial charge in [-0.05, 0) is 69.4 Å². The summed E-state index contributed by atoms with van der Waals surface area (Å²) in [6, 6.07) is 12.9. The molecule has 0 aliphatic carbocycles. The minimum atomic E-state index is 0.854. The Morgan fingerprint density at radius 1 is 1.15 bits per heavy atom. The Morgan fingerprint density at radius 2 is 1.95 bits per heavy atom. The zero-order valence-corrected chi connectivity index (χ0v) is 13.9. The molecule has 0 saturated carbocycles. The molecule has 3 heteroatoms. The van der Waals surface area contributed by atoms with Gasteiger partial charge in [-0.2, -0.15) is 0 Å². The topological polar surface area (TPSA) is 12.0 Å². The minimum absolute atomic E-state index is 0.854. The number of halogens is 1. The van der Waals surface area contributed by atoms with E-state index in [0.29, 0.717) is 0 Å². The zero-order valence-electron chi connectivity index (χ0n) is 11.5. The molecule has 2 aromatic carbocycles. The van der Waals surface area contributed by atoms with E-state index < -0.39 is 0 Å². The number of aryl methyl sites for hydroxylation is 2. The summed E-state index contributed by atoms with van der Waals surface area (Å²) in [5.74, 6) is 0. The van der Waals surface area contributed by atoms with Gasteiger partial charge < -0.3 is 5.32 Å². The first-order chi connectivity index (χ1) is 9.65. The van der Waals surface area contributed by atoms with Gasteiger partial charge >= 0.3 is 0 Å². The van der Waals surface area contributed by atoms with E-state index in [4.69, 9.17) is 0 Å². The molecule has 0 aliphatic rings. The normalized spacial score (nSPS) is 10.9. The number of nitrogens with one attached hydrogen (secondary N) is 1.